The van der Waals surface area contributed by atoms with Crippen LogP contribution in [0.3, 0.4) is 0 Å². The Hall–Kier alpha value is -2.69. The fourth-order valence-electron chi connectivity index (χ4n) is 3.62. The highest BCUT2D eigenvalue weighted by atomic mass is 32.2. The summed E-state index contributed by atoms with van der Waals surface area (Å²) < 4.78 is 32.9. The first kappa shape index (κ1) is 23.5. The molecule has 2 heterocycles. The normalized spacial score (nSPS) is 17.1. The first-order valence-corrected chi connectivity index (χ1v) is 13.2. The van der Waals surface area contributed by atoms with E-state index in [1.807, 2.05) is 37.3 Å². The smallest absolute Gasteiger partial charge is 0.322 e. The molecule has 1 aliphatic rings. The number of sulfonamides is 1. The van der Waals surface area contributed by atoms with E-state index in [0.717, 1.165) is 16.2 Å². The number of nitrogens with one attached hydrogen (secondary N) is 1. The number of amides is 1. The number of aromatic nitrogens is 2. The fourth-order valence-corrected chi connectivity index (χ4v) is 6.01. The molecule has 1 fully saturated rings. The quantitative estimate of drug-likeness (QED) is 0.483. The molecule has 1 aromatic heterocycles. The van der Waals surface area contributed by atoms with Crippen LogP contribution in [-0.4, -0.2) is 47.7 Å². The Morgan fingerprint density at radius 1 is 1.15 bits per heavy atom. The number of nitrogens with zero attached hydrogens (tertiary/aromatic N) is 3. The molecule has 0 saturated carbocycles. The lowest BCUT2D eigenvalue weighted by atomic mass is 9.99. The molecule has 1 unspecified atom stereocenters. The van der Waals surface area contributed by atoms with Gasteiger partial charge in [0, 0.05) is 30.2 Å². The summed E-state index contributed by atoms with van der Waals surface area (Å²) in [7, 11) is -3.65. The number of aryl methyl sites for hydroxylation is 2. The van der Waals surface area contributed by atoms with Crippen LogP contribution in [0.4, 0.5) is 6.01 Å². The van der Waals surface area contributed by atoms with Crippen LogP contribution < -0.4 is 5.32 Å². The van der Waals surface area contributed by atoms with Crippen molar-refractivity contribution in [3.8, 4) is 0 Å². The van der Waals surface area contributed by atoms with E-state index in [-0.39, 0.29) is 23.4 Å². The molecule has 174 valence electrons. The second-order valence-electron chi connectivity index (χ2n) is 7.92. The lowest BCUT2D eigenvalue weighted by Crippen LogP contribution is -2.43. The monoisotopic (exact) mass is 486 g/mol. The van der Waals surface area contributed by atoms with E-state index in [4.69, 9.17) is 4.42 Å². The van der Waals surface area contributed by atoms with Crippen molar-refractivity contribution in [3.63, 3.8) is 0 Å². The van der Waals surface area contributed by atoms with E-state index in [1.165, 1.54) is 4.31 Å². The predicted octanol–water partition coefficient (Wildman–Crippen LogP) is 3.75. The number of hydrogen-bond donors (Lipinski definition) is 1. The van der Waals surface area contributed by atoms with Gasteiger partial charge in [0.25, 0.3) is 0 Å². The minimum atomic E-state index is -3.65. The standard InChI is InChI=1S/C23H26N4O4S2/c1-17-9-11-20(12-10-17)33(29,30)27-14-5-6-18(16-27)22(28)24-23-26-25-21(31-23)13-15-32-19-7-3-2-4-8-19/h2-4,7-12,18H,5-6,13-16H2,1H3,(H,24,26,28). The van der Waals surface area contributed by atoms with E-state index in [1.54, 1.807) is 36.0 Å². The van der Waals surface area contributed by atoms with Gasteiger partial charge in [-0.25, -0.2) is 8.42 Å². The van der Waals surface area contributed by atoms with Crippen molar-refractivity contribution in [3.05, 3.63) is 66.1 Å². The highest BCUT2D eigenvalue weighted by molar-refractivity contribution is 7.99. The second kappa shape index (κ2) is 10.5. The molecule has 0 radical (unpaired) electrons. The third kappa shape index (κ3) is 6.01. The van der Waals surface area contributed by atoms with Gasteiger partial charge in [-0.05, 0) is 44.0 Å². The maximum atomic E-state index is 13.0. The maximum Gasteiger partial charge on any atom is 0.322 e. The SMILES string of the molecule is Cc1ccc(S(=O)(=O)N2CCCC(C(=O)Nc3nnc(CCSc4ccccc4)o3)C2)cc1. The summed E-state index contributed by atoms with van der Waals surface area (Å²) in [4.78, 5) is 14.2. The van der Waals surface area contributed by atoms with E-state index in [0.29, 0.717) is 31.7 Å². The lowest BCUT2D eigenvalue weighted by molar-refractivity contribution is -0.121. The van der Waals surface area contributed by atoms with Gasteiger partial charge < -0.3 is 4.42 Å². The van der Waals surface area contributed by atoms with Crippen LogP contribution in [0.2, 0.25) is 0 Å². The highest BCUT2D eigenvalue weighted by Crippen LogP contribution is 2.25. The fraction of sp³-hybridized carbons (Fsp3) is 0.348. The molecule has 2 aromatic carbocycles. The Bertz CT molecular complexity index is 1180. The lowest BCUT2D eigenvalue weighted by Gasteiger charge is -2.30. The van der Waals surface area contributed by atoms with Crippen LogP contribution in [-0.2, 0) is 21.2 Å². The summed E-state index contributed by atoms with van der Waals surface area (Å²) in [5.74, 6) is 0.421. The Morgan fingerprint density at radius 2 is 1.91 bits per heavy atom. The Labute approximate surface area is 197 Å². The van der Waals surface area contributed by atoms with Gasteiger partial charge in [0.2, 0.25) is 21.8 Å². The first-order chi connectivity index (χ1) is 15.9. The van der Waals surface area contributed by atoms with E-state index >= 15 is 0 Å². The number of piperidine rings is 1. The third-order valence-corrected chi connectivity index (χ3v) is 8.33. The van der Waals surface area contributed by atoms with Gasteiger partial charge in [-0.3, -0.25) is 10.1 Å². The minimum absolute atomic E-state index is 0.0400. The van der Waals surface area contributed by atoms with Crippen LogP contribution in [0.25, 0.3) is 0 Å². The van der Waals surface area contributed by atoms with Crippen LogP contribution in [0, 0.1) is 12.8 Å². The number of thioether (sulfide) groups is 1. The highest BCUT2D eigenvalue weighted by Gasteiger charge is 2.33. The number of carbonyl (C=O) groups excluding carboxylic acids is 1. The van der Waals surface area contributed by atoms with Crippen LogP contribution >= 0.6 is 11.8 Å². The molecule has 1 atom stereocenters. The average Bonchev–Trinajstić information content (AvgIpc) is 3.27. The van der Waals surface area contributed by atoms with Gasteiger partial charge in [-0.2, -0.15) is 4.31 Å². The van der Waals surface area contributed by atoms with Crippen molar-refractivity contribution in [2.24, 2.45) is 5.92 Å². The van der Waals surface area contributed by atoms with Gasteiger partial charge in [0.15, 0.2) is 0 Å². The van der Waals surface area contributed by atoms with Crippen molar-refractivity contribution in [2.75, 3.05) is 24.2 Å². The molecular weight excluding hydrogens is 460 g/mol. The zero-order valence-electron chi connectivity index (χ0n) is 18.3. The molecule has 3 aromatic rings. The van der Waals surface area contributed by atoms with Gasteiger partial charge in [0.05, 0.1) is 10.8 Å². The topological polar surface area (TPSA) is 105 Å². The molecule has 1 N–H and O–H groups in total. The van der Waals surface area contributed by atoms with E-state index in [9.17, 15) is 13.2 Å². The zero-order chi connectivity index (χ0) is 23.3. The molecular formula is C23H26N4O4S2. The summed E-state index contributed by atoms with van der Waals surface area (Å²) in [6.45, 7) is 2.42. The van der Waals surface area contributed by atoms with E-state index < -0.39 is 15.9 Å². The van der Waals surface area contributed by atoms with Crippen molar-refractivity contribution in [1.82, 2.24) is 14.5 Å². The van der Waals surface area contributed by atoms with E-state index in [2.05, 4.69) is 15.5 Å². The number of benzene rings is 2. The molecule has 1 saturated heterocycles. The molecule has 0 spiro atoms. The number of anilines is 1. The average molecular weight is 487 g/mol. The first-order valence-electron chi connectivity index (χ1n) is 10.8. The van der Waals surface area contributed by atoms with Gasteiger partial charge in [-0.15, -0.1) is 16.9 Å². The molecule has 8 nitrogen and oxygen atoms in total. The third-order valence-electron chi connectivity index (χ3n) is 5.44. The Balaban J connectivity index is 1.31. The van der Waals surface area contributed by atoms with Crippen molar-refractivity contribution < 1.29 is 17.6 Å². The van der Waals surface area contributed by atoms with Crippen LogP contribution in [0.5, 0.6) is 0 Å². The number of rotatable bonds is 8. The van der Waals surface area contributed by atoms with Gasteiger partial charge >= 0.3 is 6.01 Å². The molecule has 0 aliphatic carbocycles. The summed E-state index contributed by atoms with van der Waals surface area (Å²) in [5, 5.41) is 10.6. The Kier molecular flexibility index (Phi) is 7.46. The Morgan fingerprint density at radius 3 is 2.67 bits per heavy atom. The van der Waals surface area contributed by atoms with Crippen molar-refractivity contribution in [2.45, 2.75) is 36.0 Å². The molecule has 1 amide bonds. The van der Waals surface area contributed by atoms with Crippen LogP contribution in [0.1, 0.15) is 24.3 Å². The summed E-state index contributed by atoms with van der Waals surface area (Å²) in [6, 6.07) is 16.8. The number of carbonyl (C=O) groups is 1. The molecule has 10 heteroatoms. The minimum Gasteiger partial charge on any atom is -0.408 e. The largest absolute Gasteiger partial charge is 0.408 e. The predicted molar refractivity (Wildman–Crippen MR) is 126 cm³/mol. The molecule has 1 aliphatic heterocycles. The van der Waals surface area contributed by atoms with Crippen molar-refractivity contribution in [1.29, 1.82) is 0 Å². The van der Waals surface area contributed by atoms with Crippen LogP contribution in [0.15, 0.2) is 68.8 Å². The van der Waals surface area contributed by atoms with Crippen molar-refractivity contribution >= 4 is 33.7 Å². The summed E-state index contributed by atoms with van der Waals surface area (Å²) >= 11 is 1.68. The molecule has 33 heavy (non-hydrogen) atoms. The maximum absolute atomic E-state index is 13.0. The number of hydrogen-bond acceptors (Lipinski definition) is 7. The van der Waals surface area contributed by atoms with Gasteiger partial charge in [0.1, 0.15) is 0 Å². The second-order valence-corrected chi connectivity index (χ2v) is 11.0. The molecule has 0 bridgehead atoms. The molecule has 4 rings (SSSR count). The zero-order valence-corrected chi connectivity index (χ0v) is 19.9. The van der Waals surface area contributed by atoms with Gasteiger partial charge in [-0.1, -0.05) is 41.0 Å². The summed E-state index contributed by atoms with van der Waals surface area (Å²) in [6.07, 6.45) is 1.78. The summed E-state index contributed by atoms with van der Waals surface area (Å²) in [5.41, 5.74) is 0.988.